The monoisotopic (exact) mass is 470 g/mol. The summed E-state index contributed by atoms with van der Waals surface area (Å²) in [5, 5.41) is 6.68. The highest BCUT2D eigenvalue weighted by Gasteiger charge is 2.23. The standard InChI is InChI=1S/C20H30N4O.HI/c1-15-9-11-17(12-10-15)23-20(21-2)22-14-19(25)24-13-5-7-16-6-3-4-8-18(16)24;/h3-4,6,8,15,17H,5,7,9-14H2,1-2H3,(H2,21,22,23);1H. The summed E-state index contributed by atoms with van der Waals surface area (Å²) in [4.78, 5) is 18.9. The normalized spacial score (nSPS) is 22.8. The molecule has 1 heterocycles. The summed E-state index contributed by atoms with van der Waals surface area (Å²) in [6.45, 7) is 3.39. The molecule has 144 valence electrons. The molecule has 3 rings (SSSR count). The quantitative estimate of drug-likeness (QED) is 0.405. The molecule has 0 atom stereocenters. The number of rotatable bonds is 3. The number of aryl methyl sites for hydroxylation is 1. The van der Waals surface area contributed by atoms with Gasteiger partial charge in [-0.25, -0.2) is 0 Å². The molecular weight excluding hydrogens is 439 g/mol. The van der Waals surface area contributed by atoms with E-state index in [1.807, 2.05) is 23.1 Å². The van der Waals surface area contributed by atoms with Crippen LogP contribution in [0.3, 0.4) is 0 Å². The van der Waals surface area contributed by atoms with Gasteiger partial charge in [-0.15, -0.1) is 24.0 Å². The molecule has 1 aromatic rings. The Bertz CT molecular complexity index is 626. The topological polar surface area (TPSA) is 56.7 Å². The van der Waals surface area contributed by atoms with E-state index in [1.165, 1.54) is 31.2 Å². The minimum absolute atomic E-state index is 0. The highest BCUT2D eigenvalue weighted by Crippen LogP contribution is 2.26. The van der Waals surface area contributed by atoms with Gasteiger partial charge in [-0.2, -0.15) is 0 Å². The molecule has 1 aromatic carbocycles. The van der Waals surface area contributed by atoms with Gasteiger partial charge in [0.05, 0.1) is 6.54 Å². The van der Waals surface area contributed by atoms with Gasteiger partial charge in [0.1, 0.15) is 0 Å². The second kappa shape index (κ2) is 10.1. The number of carbonyl (C=O) groups excluding carboxylic acids is 1. The molecule has 0 unspecified atom stereocenters. The fourth-order valence-electron chi connectivity index (χ4n) is 3.84. The molecule has 26 heavy (non-hydrogen) atoms. The van der Waals surface area contributed by atoms with Crippen LogP contribution in [0.25, 0.3) is 0 Å². The van der Waals surface area contributed by atoms with Gasteiger partial charge >= 0.3 is 0 Å². The number of hydrogen-bond donors (Lipinski definition) is 2. The molecule has 6 heteroatoms. The first-order chi connectivity index (χ1) is 12.2. The molecule has 2 N–H and O–H groups in total. The maximum Gasteiger partial charge on any atom is 0.246 e. The maximum atomic E-state index is 12.7. The molecule has 1 saturated carbocycles. The second-order valence-electron chi connectivity index (χ2n) is 7.30. The lowest BCUT2D eigenvalue weighted by Gasteiger charge is -2.30. The first-order valence-electron chi connectivity index (χ1n) is 9.53. The van der Waals surface area contributed by atoms with Crippen molar-refractivity contribution in [1.82, 2.24) is 10.6 Å². The Morgan fingerprint density at radius 1 is 1.23 bits per heavy atom. The third kappa shape index (κ3) is 5.34. The minimum atomic E-state index is 0. The van der Waals surface area contributed by atoms with E-state index in [1.54, 1.807) is 7.05 Å². The molecule has 0 bridgehead atoms. The van der Waals surface area contributed by atoms with E-state index in [0.717, 1.165) is 37.0 Å². The average molecular weight is 470 g/mol. The molecule has 1 amide bonds. The van der Waals surface area contributed by atoms with Crippen LogP contribution in [0.15, 0.2) is 29.3 Å². The first-order valence-corrected chi connectivity index (χ1v) is 9.53. The molecule has 1 fully saturated rings. The number of amides is 1. The first kappa shape index (κ1) is 21.0. The SMILES string of the molecule is CN=C(NCC(=O)N1CCCc2ccccc21)NC1CCC(C)CC1.I. The largest absolute Gasteiger partial charge is 0.354 e. The number of benzene rings is 1. The van der Waals surface area contributed by atoms with Crippen LogP contribution in [-0.2, 0) is 11.2 Å². The van der Waals surface area contributed by atoms with Gasteiger partial charge in [-0.3, -0.25) is 9.79 Å². The van der Waals surface area contributed by atoms with Gasteiger partial charge in [-0.05, 0) is 56.1 Å². The maximum absolute atomic E-state index is 12.7. The molecule has 1 aliphatic carbocycles. The lowest BCUT2D eigenvalue weighted by Crippen LogP contribution is -2.49. The van der Waals surface area contributed by atoms with Gasteiger partial charge in [-0.1, -0.05) is 25.1 Å². The molecule has 0 spiro atoms. The third-order valence-corrected chi connectivity index (χ3v) is 5.40. The van der Waals surface area contributed by atoms with Crippen molar-refractivity contribution >= 4 is 41.5 Å². The van der Waals surface area contributed by atoms with Crippen molar-refractivity contribution in [1.29, 1.82) is 0 Å². The van der Waals surface area contributed by atoms with Gasteiger partial charge in [0.15, 0.2) is 5.96 Å². The number of hydrogen-bond acceptors (Lipinski definition) is 2. The Balaban J connectivity index is 0.00000243. The smallest absolute Gasteiger partial charge is 0.246 e. The summed E-state index contributed by atoms with van der Waals surface area (Å²) >= 11 is 0. The van der Waals surface area contributed by atoms with Crippen LogP contribution >= 0.6 is 24.0 Å². The van der Waals surface area contributed by atoms with Crippen LogP contribution in [0.4, 0.5) is 5.69 Å². The number of guanidine groups is 1. The molecule has 0 radical (unpaired) electrons. The number of fused-ring (bicyclic) bond motifs is 1. The molecule has 2 aliphatic rings. The van der Waals surface area contributed by atoms with Crippen molar-refractivity contribution in [2.45, 2.75) is 51.5 Å². The lowest BCUT2D eigenvalue weighted by molar-refractivity contribution is -0.117. The predicted molar refractivity (Wildman–Crippen MR) is 118 cm³/mol. The molecular formula is C20H31IN4O. The Morgan fingerprint density at radius 3 is 2.69 bits per heavy atom. The van der Waals surface area contributed by atoms with Crippen molar-refractivity contribution < 1.29 is 4.79 Å². The van der Waals surface area contributed by atoms with Crippen LogP contribution in [0, 0.1) is 5.92 Å². The zero-order chi connectivity index (χ0) is 17.6. The Morgan fingerprint density at radius 2 is 1.96 bits per heavy atom. The van der Waals surface area contributed by atoms with Gasteiger partial charge in [0.25, 0.3) is 0 Å². The fraction of sp³-hybridized carbons (Fsp3) is 0.600. The number of nitrogens with one attached hydrogen (secondary N) is 2. The third-order valence-electron chi connectivity index (χ3n) is 5.40. The van der Waals surface area contributed by atoms with Gasteiger partial charge < -0.3 is 15.5 Å². The van der Waals surface area contributed by atoms with E-state index in [-0.39, 0.29) is 36.4 Å². The van der Waals surface area contributed by atoms with Crippen LogP contribution in [0.1, 0.15) is 44.6 Å². The Hall–Kier alpha value is -1.31. The summed E-state index contributed by atoms with van der Waals surface area (Å²) in [6.07, 6.45) is 6.95. The van der Waals surface area contributed by atoms with Crippen molar-refractivity contribution in [3.8, 4) is 0 Å². The molecule has 1 aliphatic heterocycles. The number of nitrogens with zero attached hydrogens (tertiary/aromatic N) is 2. The lowest BCUT2D eigenvalue weighted by atomic mass is 9.87. The summed E-state index contributed by atoms with van der Waals surface area (Å²) in [5.74, 6) is 1.67. The fourth-order valence-corrected chi connectivity index (χ4v) is 3.84. The van der Waals surface area contributed by atoms with E-state index in [0.29, 0.717) is 6.04 Å². The zero-order valence-electron chi connectivity index (χ0n) is 15.8. The Kier molecular flexibility index (Phi) is 8.18. The predicted octanol–water partition coefficient (Wildman–Crippen LogP) is 3.33. The average Bonchev–Trinajstić information content (AvgIpc) is 2.66. The van der Waals surface area contributed by atoms with Gasteiger partial charge in [0, 0.05) is 25.3 Å². The van der Waals surface area contributed by atoms with Crippen LogP contribution in [-0.4, -0.2) is 38.0 Å². The number of anilines is 1. The van der Waals surface area contributed by atoms with Crippen LogP contribution in [0.2, 0.25) is 0 Å². The van der Waals surface area contributed by atoms with Crippen molar-refractivity contribution in [2.75, 3.05) is 25.0 Å². The summed E-state index contributed by atoms with van der Waals surface area (Å²) in [7, 11) is 1.77. The number of carbonyl (C=O) groups is 1. The van der Waals surface area contributed by atoms with E-state index in [2.05, 4.69) is 28.6 Å². The van der Waals surface area contributed by atoms with E-state index < -0.39 is 0 Å². The minimum Gasteiger partial charge on any atom is -0.354 e. The molecule has 0 saturated heterocycles. The summed E-state index contributed by atoms with van der Waals surface area (Å²) in [5.41, 5.74) is 2.32. The van der Waals surface area contributed by atoms with Crippen LogP contribution in [0.5, 0.6) is 0 Å². The van der Waals surface area contributed by atoms with Crippen molar-refractivity contribution in [2.24, 2.45) is 10.9 Å². The van der Waals surface area contributed by atoms with Crippen LogP contribution < -0.4 is 15.5 Å². The van der Waals surface area contributed by atoms with E-state index in [9.17, 15) is 4.79 Å². The number of para-hydroxylation sites is 1. The number of halogens is 1. The molecule has 5 nitrogen and oxygen atoms in total. The highest BCUT2D eigenvalue weighted by atomic mass is 127. The summed E-state index contributed by atoms with van der Waals surface area (Å²) < 4.78 is 0. The Labute approximate surface area is 174 Å². The highest BCUT2D eigenvalue weighted by molar-refractivity contribution is 14.0. The number of aliphatic imine (C=N–C) groups is 1. The second-order valence-corrected chi connectivity index (χ2v) is 7.30. The molecule has 0 aromatic heterocycles. The van der Waals surface area contributed by atoms with Crippen molar-refractivity contribution in [3.63, 3.8) is 0 Å². The van der Waals surface area contributed by atoms with E-state index in [4.69, 9.17) is 0 Å². The van der Waals surface area contributed by atoms with Gasteiger partial charge in [0.2, 0.25) is 5.91 Å². The zero-order valence-corrected chi connectivity index (χ0v) is 18.2. The van der Waals surface area contributed by atoms with E-state index >= 15 is 0 Å². The van der Waals surface area contributed by atoms with Crippen molar-refractivity contribution in [3.05, 3.63) is 29.8 Å². The summed E-state index contributed by atoms with van der Waals surface area (Å²) in [6, 6.07) is 8.67.